The average molecular weight is 1530 g/mol. The minimum atomic E-state index is -2.28. The number of carboxylic acid groups (broad SMARTS) is 1. The Kier molecular flexibility index (Phi) is 24.1. The number of nitrogens with two attached hydrogens (primary N) is 1. The summed E-state index contributed by atoms with van der Waals surface area (Å²) in [6.07, 6.45) is -19.8. The van der Waals surface area contributed by atoms with Gasteiger partial charge in [-0.15, -0.1) is 0 Å². The summed E-state index contributed by atoms with van der Waals surface area (Å²) in [5.41, 5.74) is 2.06. The number of ether oxygens (including phenoxy) is 8. The van der Waals surface area contributed by atoms with E-state index in [1.54, 1.807) is 48.5 Å². The molecule has 0 radical (unpaired) electrons. The molecule has 33 heteroatoms. The Morgan fingerprint density at radius 3 is 1.85 bits per heavy atom. The number of aliphatic carboxylic acids is 1. The lowest BCUT2D eigenvalue weighted by molar-refractivity contribution is -0.337. The maximum absolute atomic E-state index is 16.4. The molecule has 0 aliphatic carbocycles. The molecule has 0 aromatic heterocycles. The Morgan fingerprint density at radius 1 is 0.655 bits per heavy atom. The van der Waals surface area contributed by atoms with Gasteiger partial charge in [0, 0.05) is 41.5 Å². The first kappa shape index (κ1) is 81.2. The number of hydrogen-bond acceptors (Lipinski definition) is 25. The van der Waals surface area contributed by atoms with Gasteiger partial charge >= 0.3 is 5.97 Å². The maximum atomic E-state index is 16.4. The van der Waals surface area contributed by atoms with E-state index in [0.29, 0.717) is 12.8 Å². The summed E-state index contributed by atoms with van der Waals surface area (Å²) in [7, 11) is 0. The van der Waals surface area contributed by atoms with Gasteiger partial charge in [0.25, 0.3) is 0 Å². The zero-order valence-corrected chi connectivity index (χ0v) is 62.0. The number of fused-ring (bicyclic) bond motifs is 15. The van der Waals surface area contributed by atoms with Crippen LogP contribution in [0.3, 0.4) is 0 Å². The van der Waals surface area contributed by atoms with Crippen LogP contribution in [-0.4, -0.2) is 191 Å². The van der Waals surface area contributed by atoms with Crippen LogP contribution < -0.4 is 51.8 Å². The van der Waals surface area contributed by atoms with Crippen molar-refractivity contribution in [1.29, 1.82) is 0 Å². The number of carbonyl (C=O) groups is 8. The fraction of sp³-hybridized carbons (Fsp3) is 0.506. The summed E-state index contributed by atoms with van der Waals surface area (Å²) in [4.78, 5) is 120. The maximum Gasteiger partial charge on any atom is 0.330 e. The predicted molar refractivity (Wildman–Crippen MR) is 384 cm³/mol. The van der Waals surface area contributed by atoms with E-state index in [1.807, 2.05) is 13.8 Å². The molecule has 20 atom stereocenters. The molecule has 11 bridgehead atoms. The van der Waals surface area contributed by atoms with Crippen molar-refractivity contribution in [3.05, 3.63) is 118 Å². The molecule has 33 nitrogen and oxygen atoms in total. The van der Waals surface area contributed by atoms with Crippen LogP contribution in [-0.2, 0) is 62.0 Å². The van der Waals surface area contributed by atoms with E-state index in [-0.39, 0.29) is 58.1 Å². The number of hydrogen-bond donors (Lipinski definition) is 17. The van der Waals surface area contributed by atoms with E-state index < -0.39 is 244 Å². The molecule has 110 heavy (non-hydrogen) atoms. The molecule has 5 aromatic carbocycles. The van der Waals surface area contributed by atoms with Crippen molar-refractivity contribution in [1.82, 2.24) is 31.9 Å². The highest BCUT2D eigenvalue weighted by molar-refractivity contribution is 6.00. The van der Waals surface area contributed by atoms with Crippen molar-refractivity contribution in [2.45, 2.75) is 218 Å². The number of nitrogens with one attached hydrogen (secondary N) is 6. The molecule has 594 valence electrons. The van der Waals surface area contributed by atoms with Gasteiger partial charge in [0.1, 0.15) is 89.5 Å². The summed E-state index contributed by atoms with van der Waals surface area (Å²) >= 11 is 0. The number of aliphatic hydroxyl groups excluding tert-OH is 6. The van der Waals surface area contributed by atoms with Gasteiger partial charge in [-0.2, -0.15) is 0 Å². The standard InChI is InChI=1S/C77H95N7O26/c1-11-35(20-31(2)3)68(95)83-58-60(90)36-12-16-41(17-13-36)105-48-23-39-24-49(64(48)110-75-65(62(92)61(91)50(30-85)107-75)109-53-29-77(9,10)67(94)34(6)104-53)106-47-19-15-38(21-32(47)4)63(108-52-28-76(7,8)66(93)33(5)103-52)59-73(100)82-57(74(101)102)43-25-40(86)26-46(88)54(43)42-22-37(14-18-45(42)87)55(70(97)84-59)81-71(98)56(39)80-69(96)44(27-51(78)89)79-72(58)99/h12-19,21-26,31,33-35,44,50,52-53,55-63,65-67,75,85-88,90-94H,11,20,27-30H2,1-10H3,(H2,78,89)(H,79,99)(H,80,96)(H,81,98)(H,82,100)(H,83,95)(H,84,97)(H,101,102)/t33-,34-,35+,44-,50+,52-,53-,55+,56+,57-,58+,59-,60+,61+,62-,63+,65+,66-,67-,75-/m0/s1. The van der Waals surface area contributed by atoms with Crippen molar-refractivity contribution in [3.63, 3.8) is 0 Å². The van der Waals surface area contributed by atoms with Gasteiger partial charge in [-0.3, -0.25) is 33.6 Å². The van der Waals surface area contributed by atoms with Crippen LogP contribution >= 0.6 is 0 Å². The Hall–Kier alpha value is -9.78. The lowest BCUT2D eigenvalue weighted by Crippen LogP contribution is -2.62. The quantitative estimate of drug-likeness (QED) is 0.0714. The molecule has 3 saturated heterocycles. The van der Waals surface area contributed by atoms with Crippen LogP contribution in [0.2, 0.25) is 0 Å². The Morgan fingerprint density at radius 2 is 1.25 bits per heavy atom. The van der Waals surface area contributed by atoms with Crippen LogP contribution in [0.15, 0.2) is 84.9 Å². The normalized spacial score (nSPS) is 30.5. The van der Waals surface area contributed by atoms with Gasteiger partial charge in [-0.05, 0) is 133 Å². The third-order valence-electron chi connectivity index (χ3n) is 21.0. The lowest BCUT2D eigenvalue weighted by Gasteiger charge is -2.47. The zero-order chi connectivity index (χ0) is 80.0. The summed E-state index contributed by atoms with van der Waals surface area (Å²) in [5, 5.41) is 130. The average Bonchev–Trinajstić information content (AvgIpc) is 0.766. The van der Waals surface area contributed by atoms with Crippen molar-refractivity contribution >= 4 is 47.3 Å². The number of rotatable bonds is 15. The van der Waals surface area contributed by atoms with Gasteiger partial charge in [0.15, 0.2) is 36.2 Å². The van der Waals surface area contributed by atoms with Crippen LogP contribution in [0.5, 0.6) is 46.0 Å². The number of benzene rings is 5. The minimum absolute atomic E-state index is 0.00244. The lowest BCUT2D eigenvalue weighted by atomic mass is 9.78. The van der Waals surface area contributed by atoms with E-state index in [9.17, 15) is 70.2 Å². The molecular weight excluding hydrogens is 1440 g/mol. The summed E-state index contributed by atoms with van der Waals surface area (Å²) in [6.45, 7) is 16.3. The Balaban J connectivity index is 1.18. The van der Waals surface area contributed by atoms with Gasteiger partial charge in [-0.1, -0.05) is 72.7 Å². The second kappa shape index (κ2) is 32.7. The largest absolute Gasteiger partial charge is 0.508 e. The Labute approximate surface area is 632 Å². The number of amides is 7. The number of aliphatic hydroxyl groups is 6. The number of carboxylic acids is 1. The van der Waals surface area contributed by atoms with Gasteiger partial charge < -0.3 is 127 Å². The third-order valence-corrected chi connectivity index (χ3v) is 21.0. The highest BCUT2D eigenvalue weighted by Gasteiger charge is 2.52. The van der Waals surface area contributed by atoms with Crippen molar-refractivity contribution in [3.8, 4) is 57.1 Å². The molecular formula is C77H95N7O26. The predicted octanol–water partition coefficient (Wildman–Crippen LogP) is 3.40. The van der Waals surface area contributed by atoms with E-state index in [4.69, 9.17) is 43.6 Å². The fourth-order valence-corrected chi connectivity index (χ4v) is 15.0. The molecule has 0 unspecified atom stereocenters. The number of carbonyl (C=O) groups excluding carboxylic acids is 7. The van der Waals surface area contributed by atoms with Gasteiger partial charge in [0.05, 0.1) is 37.4 Å². The van der Waals surface area contributed by atoms with Crippen molar-refractivity contribution in [2.24, 2.45) is 28.4 Å². The van der Waals surface area contributed by atoms with E-state index in [0.717, 1.165) is 42.5 Å². The Bertz CT molecular complexity index is 4330. The van der Waals surface area contributed by atoms with Crippen LogP contribution in [0.25, 0.3) is 11.1 Å². The van der Waals surface area contributed by atoms with Crippen molar-refractivity contribution < 1.29 is 127 Å². The minimum Gasteiger partial charge on any atom is -0.508 e. The second-order valence-electron chi connectivity index (χ2n) is 30.7. The zero-order valence-electron chi connectivity index (χ0n) is 62.0. The summed E-state index contributed by atoms with van der Waals surface area (Å²) in [6, 6.07) is 3.99. The number of phenolic OH excluding ortho intramolecular Hbond substituents is 3. The number of aromatic hydroxyl groups is 3. The smallest absolute Gasteiger partial charge is 0.330 e. The first-order valence-corrected chi connectivity index (χ1v) is 36.3. The molecule has 8 heterocycles. The van der Waals surface area contributed by atoms with Gasteiger partial charge in [-0.25, -0.2) is 4.79 Å². The molecule has 8 aliphatic rings. The molecule has 7 amide bonds. The molecule has 0 saturated carbocycles. The molecule has 13 rings (SSSR count). The molecule has 0 spiro atoms. The molecule has 3 fully saturated rings. The SMILES string of the molecule is CC[C@H](CC(C)C)C(=O)N[C@H]1C(=O)N[C@@H](CC(N)=O)C(=O)N[C@H]2C(=O)N[C@H]3C(=O)N[C@H](C(=O)N[C@H](C(=O)O)c4cc(O)cc(O)c4-c4cc3ccc4O)[C@H](O[C@H]3CC(C)(C)[C@@H](O)[C@H](C)O3)c3ccc(c(C)c3)Oc3cc2cc(c3O[C@@H]2O[C@H](CO)[C@@H](O)[C@H](O)[C@H]2O[C@H]2CC(C)(C)[C@@H](O)[C@H](C)O2)Oc2ccc(cc2)[C@H]1O. The van der Waals surface area contributed by atoms with E-state index in [1.165, 1.54) is 49.4 Å². The first-order chi connectivity index (χ1) is 51.8. The molecule has 8 aliphatic heterocycles. The second-order valence-corrected chi connectivity index (χ2v) is 30.7. The number of phenols is 3. The van der Waals surface area contributed by atoms with E-state index >= 15 is 19.2 Å². The van der Waals surface area contributed by atoms with Crippen molar-refractivity contribution in [2.75, 3.05) is 6.61 Å². The first-order valence-electron chi connectivity index (χ1n) is 36.3. The highest BCUT2D eigenvalue weighted by Crippen LogP contribution is 2.50. The van der Waals surface area contributed by atoms with Crippen LogP contribution in [0.1, 0.15) is 158 Å². The van der Waals surface area contributed by atoms with E-state index in [2.05, 4.69) is 31.9 Å². The van der Waals surface area contributed by atoms with Gasteiger partial charge in [0.2, 0.25) is 53.4 Å². The molecule has 18 N–H and O–H groups in total. The number of primary amides is 1. The monoisotopic (exact) mass is 1530 g/mol. The fourth-order valence-electron chi connectivity index (χ4n) is 15.0. The van der Waals surface area contributed by atoms with Crippen LogP contribution in [0, 0.1) is 29.6 Å². The van der Waals surface area contributed by atoms with Crippen LogP contribution in [0.4, 0.5) is 0 Å². The summed E-state index contributed by atoms with van der Waals surface area (Å²) in [5.74, 6) is -14.9. The number of aryl methyl sites for hydroxylation is 1. The topological polar surface area (TPSA) is 511 Å². The summed E-state index contributed by atoms with van der Waals surface area (Å²) < 4.78 is 52.5. The molecule has 5 aromatic rings. The third kappa shape index (κ3) is 17.2. The highest BCUT2D eigenvalue weighted by atomic mass is 16.8.